The second-order valence-electron chi connectivity index (χ2n) is 5.56. The maximum Gasteiger partial charge on any atom is 0.310 e. The molecule has 0 radical (unpaired) electrons. The highest BCUT2D eigenvalue weighted by Crippen LogP contribution is 2.22. The number of aromatic amines is 1. The first kappa shape index (κ1) is 15.9. The van der Waals surface area contributed by atoms with Gasteiger partial charge in [0.25, 0.3) is 0 Å². The van der Waals surface area contributed by atoms with Crippen LogP contribution in [0, 0.1) is 12.7 Å². The van der Waals surface area contributed by atoms with Crippen LogP contribution < -0.4 is 0 Å². The highest BCUT2D eigenvalue weighted by Gasteiger charge is 2.17. The average molecular weight is 325 g/mol. The summed E-state index contributed by atoms with van der Waals surface area (Å²) in [5.41, 5.74) is 2.65. The summed E-state index contributed by atoms with van der Waals surface area (Å²) in [4.78, 5) is 27.4. The number of hydrogen-bond donors (Lipinski definition) is 1. The zero-order valence-electron chi connectivity index (χ0n) is 13.1. The molecule has 0 saturated carbocycles. The standard InChI is InChI=1S/C19H16FNO3/c1-12-19(15-7-2-3-8-16(15)21-12)17(22)11-24-18(23)10-13-5-4-6-14(20)9-13/h2-9,21H,10-11H2,1H3. The minimum Gasteiger partial charge on any atom is -0.457 e. The van der Waals surface area contributed by atoms with Crippen molar-refractivity contribution in [3.05, 3.63) is 71.2 Å². The minimum absolute atomic E-state index is 0.0715. The summed E-state index contributed by atoms with van der Waals surface area (Å²) in [7, 11) is 0. The van der Waals surface area contributed by atoms with Crippen molar-refractivity contribution in [3.63, 3.8) is 0 Å². The third-order valence-electron chi connectivity index (χ3n) is 3.77. The van der Waals surface area contributed by atoms with E-state index in [4.69, 9.17) is 4.74 Å². The largest absolute Gasteiger partial charge is 0.457 e. The molecule has 0 bridgehead atoms. The Morgan fingerprint density at radius 1 is 1.12 bits per heavy atom. The maximum atomic E-state index is 13.1. The van der Waals surface area contributed by atoms with Gasteiger partial charge < -0.3 is 9.72 Å². The molecule has 1 heterocycles. The first-order valence-corrected chi connectivity index (χ1v) is 7.55. The van der Waals surface area contributed by atoms with Crippen molar-refractivity contribution in [2.45, 2.75) is 13.3 Å². The minimum atomic E-state index is -0.563. The highest BCUT2D eigenvalue weighted by molar-refractivity contribution is 6.10. The molecule has 1 N–H and O–H groups in total. The Kier molecular flexibility index (Phi) is 4.42. The number of aryl methyl sites for hydroxylation is 1. The van der Waals surface area contributed by atoms with Crippen LogP contribution in [0.25, 0.3) is 10.9 Å². The van der Waals surface area contributed by atoms with Crippen LogP contribution in [0.2, 0.25) is 0 Å². The Hall–Kier alpha value is -2.95. The number of nitrogens with one attached hydrogen (secondary N) is 1. The second-order valence-corrected chi connectivity index (χ2v) is 5.56. The Bertz CT molecular complexity index is 914. The average Bonchev–Trinajstić information content (AvgIpc) is 2.88. The van der Waals surface area contributed by atoms with Crippen LogP contribution in [0.1, 0.15) is 21.6 Å². The van der Waals surface area contributed by atoms with Gasteiger partial charge in [0.2, 0.25) is 5.78 Å². The van der Waals surface area contributed by atoms with Gasteiger partial charge >= 0.3 is 5.97 Å². The molecule has 4 nitrogen and oxygen atoms in total. The van der Waals surface area contributed by atoms with Crippen molar-refractivity contribution in [3.8, 4) is 0 Å². The summed E-state index contributed by atoms with van der Waals surface area (Å²) in [6, 6.07) is 13.2. The van der Waals surface area contributed by atoms with Gasteiger partial charge in [0.15, 0.2) is 6.61 Å². The van der Waals surface area contributed by atoms with Crippen LogP contribution in [0.3, 0.4) is 0 Å². The third-order valence-corrected chi connectivity index (χ3v) is 3.77. The van der Waals surface area contributed by atoms with Crippen LogP contribution in [-0.4, -0.2) is 23.3 Å². The number of rotatable bonds is 5. The number of carbonyl (C=O) groups excluding carboxylic acids is 2. The van der Waals surface area contributed by atoms with E-state index in [1.54, 1.807) is 6.07 Å². The molecule has 0 spiro atoms. The summed E-state index contributed by atoms with van der Waals surface area (Å²) in [5.74, 6) is -1.24. The van der Waals surface area contributed by atoms with E-state index in [1.807, 2.05) is 31.2 Å². The van der Waals surface area contributed by atoms with Crippen molar-refractivity contribution >= 4 is 22.7 Å². The van der Waals surface area contributed by atoms with E-state index in [0.29, 0.717) is 11.1 Å². The van der Waals surface area contributed by atoms with Crippen molar-refractivity contribution in [2.75, 3.05) is 6.61 Å². The summed E-state index contributed by atoms with van der Waals surface area (Å²) in [6.45, 7) is 1.47. The fourth-order valence-electron chi connectivity index (χ4n) is 2.72. The van der Waals surface area contributed by atoms with Crippen molar-refractivity contribution in [1.29, 1.82) is 0 Å². The first-order chi connectivity index (χ1) is 11.5. The van der Waals surface area contributed by atoms with E-state index < -0.39 is 11.8 Å². The quantitative estimate of drug-likeness (QED) is 0.576. The van der Waals surface area contributed by atoms with E-state index in [9.17, 15) is 14.0 Å². The molecule has 3 aromatic rings. The number of para-hydroxylation sites is 1. The summed E-state index contributed by atoms with van der Waals surface area (Å²) in [5, 5.41) is 0.807. The van der Waals surface area contributed by atoms with E-state index in [1.165, 1.54) is 18.2 Å². The van der Waals surface area contributed by atoms with Crippen LogP contribution in [0.4, 0.5) is 4.39 Å². The van der Waals surface area contributed by atoms with Gasteiger partial charge in [-0.1, -0.05) is 30.3 Å². The molecular weight excluding hydrogens is 309 g/mol. The summed E-state index contributed by atoms with van der Waals surface area (Å²) in [6.07, 6.45) is -0.0715. The number of halogens is 1. The molecule has 24 heavy (non-hydrogen) atoms. The first-order valence-electron chi connectivity index (χ1n) is 7.55. The van der Waals surface area contributed by atoms with Gasteiger partial charge in [-0.25, -0.2) is 4.39 Å². The number of ether oxygens (including phenoxy) is 1. The SMILES string of the molecule is Cc1[nH]c2ccccc2c1C(=O)COC(=O)Cc1cccc(F)c1. The van der Waals surface area contributed by atoms with E-state index in [2.05, 4.69) is 4.98 Å². The zero-order valence-corrected chi connectivity index (χ0v) is 13.1. The molecule has 122 valence electrons. The normalized spacial score (nSPS) is 10.8. The van der Waals surface area contributed by atoms with Gasteiger partial charge in [0.1, 0.15) is 5.82 Å². The lowest BCUT2D eigenvalue weighted by Gasteiger charge is -2.05. The number of esters is 1. The predicted octanol–water partition coefficient (Wildman–Crippen LogP) is 3.58. The molecule has 0 aliphatic heterocycles. The Labute approximate surface area is 138 Å². The van der Waals surface area contributed by atoms with Gasteiger partial charge in [0, 0.05) is 22.2 Å². The monoisotopic (exact) mass is 325 g/mol. The molecule has 1 aromatic heterocycles. The fourth-order valence-corrected chi connectivity index (χ4v) is 2.72. The Morgan fingerprint density at radius 3 is 2.71 bits per heavy atom. The zero-order chi connectivity index (χ0) is 17.1. The number of ketones is 1. The fraction of sp³-hybridized carbons (Fsp3) is 0.158. The number of benzene rings is 2. The lowest BCUT2D eigenvalue weighted by atomic mass is 10.1. The topological polar surface area (TPSA) is 59.2 Å². The Morgan fingerprint density at radius 2 is 1.92 bits per heavy atom. The van der Waals surface area contributed by atoms with Crippen LogP contribution in [0.15, 0.2) is 48.5 Å². The van der Waals surface area contributed by atoms with Crippen molar-refractivity contribution < 1.29 is 18.7 Å². The molecule has 0 unspecified atom stereocenters. The summed E-state index contributed by atoms with van der Waals surface area (Å²) < 4.78 is 18.2. The molecule has 2 aromatic carbocycles. The number of aromatic nitrogens is 1. The van der Waals surface area contributed by atoms with Crippen molar-refractivity contribution in [2.24, 2.45) is 0 Å². The van der Waals surface area contributed by atoms with E-state index in [-0.39, 0.29) is 18.8 Å². The molecule has 0 aliphatic rings. The lowest BCUT2D eigenvalue weighted by Crippen LogP contribution is -2.16. The van der Waals surface area contributed by atoms with Gasteiger partial charge in [0.05, 0.1) is 6.42 Å². The molecule has 3 rings (SSSR count). The van der Waals surface area contributed by atoms with Gasteiger partial charge in [-0.3, -0.25) is 9.59 Å². The lowest BCUT2D eigenvalue weighted by molar-refractivity contribution is -0.141. The number of H-pyrrole nitrogens is 1. The smallest absolute Gasteiger partial charge is 0.310 e. The number of carbonyl (C=O) groups is 2. The predicted molar refractivity (Wildman–Crippen MR) is 88.4 cm³/mol. The third kappa shape index (κ3) is 3.35. The van der Waals surface area contributed by atoms with Gasteiger partial charge in [-0.15, -0.1) is 0 Å². The molecular formula is C19H16FNO3. The van der Waals surface area contributed by atoms with Gasteiger partial charge in [-0.05, 0) is 30.7 Å². The van der Waals surface area contributed by atoms with E-state index in [0.717, 1.165) is 16.6 Å². The van der Waals surface area contributed by atoms with Crippen LogP contribution in [-0.2, 0) is 16.0 Å². The molecule has 0 fully saturated rings. The molecule has 0 saturated heterocycles. The summed E-state index contributed by atoms with van der Waals surface area (Å²) >= 11 is 0. The van der Waals surface area contributed by atoms with Crippen LogP contribution >= 0.6 is 0 Å². The number of Topliss-reactive ketones (excluding diaryl/α,β-unsaturated/α-hetero) is 1. The number of fused-ring (bicyclic) bond motifs is 1. The second kappa shape index (κ2) is 6.66. The number of hydrogen-bond acceptors (Lipinski definition) is 3. The molecule has 0 amide bonds. The maximum absolute atomic E-state index is 13.1. The van der Waals surface area contributed by atoms with E-state index >= 15 is 0 Å². The van der Waals surface area contributed by atoms with Crippen LogP contribution in [0.5, 0.6) is 0 Å². The molecule has 5 heteroatoms. The Balaban J connectivity index is 1.66. The molecule has 0 atom stereocenters. The molecule has 0 aliphatic carbocycles. The van der Waals surface area contributed by atoms with Gasteiger partial charge in [-0.2, -0.15) is 0 Å². The van der Waals surface area contributed by atoms with Crippen molar-refractivity contribution in [1.82, 2.24) is 4.98 Å². The highest BCUT2D eigenvalue weighted by atomic mass is 19.1.